The third kappa shape index (κ3) is 3.57. The molecule has 0 saturated carbocycles. The average Bonchev–Trinajstić information content (AvgIpc) is 3.43. The van der Waals surface area contributed by atoms with E-state index in [0.717, 1.165) is 20.1 Å². The summed E-state index contributed by atoms with van der Waals surface area (Å²) in [7, 11) is -3.60. The summed E-state index contributed by atoms with van der Waals surface area (Å²) in [4.78, 5) is 15.3. The van der Waals surface area contributed by atoms with Crippen LogP contribution in [0.1, 0.15) is 23.0 Å². The van der Waals surface area contributed by atoms with Crippen LogP contribution < -0.4 is 0 Å². The number of rotatable bonds is 5. The van der Waals surface area contributed by atoms with Crippen molar-refractivity contribution in [2.75, 3.05) is 7.05 Å². The number of likely N-dealkylation sites (N-methyl/N-ethyl adjacent to an activating group) is 1. The number of nitrogens with zero attached hydrogens (tertiary/aromatic N) is 6. The van der Waals surface area contributed by atoms with E-state index in [1.165, 1.54) is 28.3 Å². The normalized spacial score (nSPS) is 26.3. The monoisotopic (exact) mass is 462 g/mol. The zero-order chi connectivity index (χ0) is 22.6. The van der Waals surface area contributed by atoms with Crippen molar-refractivity contribution in [3.05, 3.63) is 53.7 Å². The third-order valence-electron chi connectivity index (χ3n) is 5.92. The van der Waals surface area contributed by atoms with Crippen molar-refractivity contribution in [2.24, 2.45) is 0 Å². The highest BCUT2D eigenvalue weighted by atomic mass is 32.2. The Bertz CT molecular complexity index is 1240. The highest BCUT2D eigenvalue weighted by Crippen LogP contribution is 2.34. The minimum Gasteiger partial charge on any atom is -0.386 e. The Morgan fingerprint density at radius 2 is 1.81 bits per heavy atom. The molecule has 2 aliphatic heterocycles. The first-order chi connectivity index (χ1) is 15.2. The van der Waals surface area contributed by atoms with Crippen molar-refractivity contribution in [1.82, 2.24) is 28.7 Å². The zero-order valence-corrected chi connectivity index (χ0v) is 17.9. The fraction of sp³-hybridized carbons (Fsp3) is 0.421. The van der Waals surface area contributed by atoms with Crippen LogP contribution in [0, 0.1) is 0 Å². The van der Waals surface area contributed by atoms with Crippen LogP contribution in [-0.4, -0.2) is 77.4 Å². The molecule has 0 radical (unpaired) electrons. The van der Waals surface area contributed by atoms with Crippen LogP contribution in [0.15, 0.2) is 36.9 Å². The Balaban J connectivity index is 1.41. The predicted octanol–water partition coefficient (Wildman–Crippen LogP) is -0.347. The molecule has 5 rings (SSSR count). The van der Waals surface area contributed by atoms with E-state index in [2.05, 4.69) is 32.0 Å². The summed E-state index contributed by atoms with van der Waals surface area (Å²) in [5.74, 6) is 0. The van der Waals surface area contributed by atoms with E-state index in [1.807, 2.05) is 12.1 Å². The van der Waals surface area contributed by atoms with E-state index in [0.29, 0.717) is 27.7 Å². The highest BCUT2D eigenvalue weighted by Gasteiger charge is 2.48. The molecule has 3 aromatic rings. The number of fused-ring (bicyclic) bond motifs is 2. The summed E-state index contributed by atoms with van der Waals surface area (Å²) in [5, 5.41) is 20.8. The van der Waals surface area contributed by atoms with Crippen molar-refractivity contribution in [1.29, 1.82) is 0 Å². The molecule has 1 fully saturated rings. The Morgan fingerprint density at radius 3 is 2.47 bits per heavy atom. The van der Waals surface area contributed by atoms with Gasteiger partial charge in [-0.1, -0.05) is 24.3 Å². The van der Waals surface area contributed by atoms with Crippen molar-refractivity contribution in [3.63, 3.8) is 0 Å². The fourth-order valence-electron chi connectivity index (χ4n) is 4.23. The number of hydrogen-bond donors (Lipinski definition) is 3. The average molecular weight is 462 g/mol. The molecular formula is C19H22N6O6S. The lowest BCUT2D eigenvalue weighted by atomic mass is 10.1. The van der Waals surface area contributed by atoms with Gasteiger partial charge >= 0.3 is 10.3 Å². The lowest BCUT2D eigenvalue weighted by molar-refractivity contribution is -0.0723. The lowest BCUT2D eigenvalue weighted by Crippen LogP contribution is -2.44. The molecule has 0 aliphatic carbocycles. The SMILES string of the molecule is CN([C@@H]1O[C@@H](n2cnc3c(CN4Cc5ccccc5C4)ncnc32)[C@H](O)[C@@H]1O)S(=O)(=O)O. The van der Waals surface area contributed by atoms with Crippen molar-refractivity contribution in [2.45, 2.75) is 44.3 Å². The molecule has 0 unspecified atom stereocenters. The molecule has 3 N–H and O–H groups in total. The summed E-state index contributed by atoms with van der Waals surface area (Å²) in [6, 6.07) is 8.23. The van der Waals surface area contributed by atoms with E-state index in [9.17, 15) is 23.2 Å². The van der Waals surface area contributed by atoms with E-state index < -0.39 is 35.0 Å². The van der Waals surface area contributed by atoms with Gasteiger partial charge in [0, 0.05) is 26.7 Å². The number of ether oxygens (including phenoxy) is 1. The van der Waals surface area contributed by atoms with Crippen LogP contribution >= 0.6 is 0 Å². The molecule has 0 bridgehead atoms. The van der Waals surface area contributed by atoms with E-state index in [4.69, 9.17) is 4.74 Å². The van der Waals surface area contributed by atoms with Crippen LogP contribution in [0.3, 0.4) is 0 Å². The van der Waals surface area contributed by atoms with Crippen LogP contribution in [0.25, 0.3) is 11.2 Å². The van der Waals surface area contributed by atoms with Gasteiger partial charge in [-0.15, -0.1) is 0 Å². The number of aliphatic hydroxyl groups excluding tert-OH is 2. The van der Waals surface area contributed by atoms with Gasteiger partial charge in [0.15, 0.2) is 18.1 Å². The quantitative estimate of drug-likeness (QED) is 0.429. The second-order valence-electron chi connectivity index (χ2n) is 7.95. The fourth-order valence-corrected chi connectivity index (χ4v) is 4.67. The topological polar surface area (TPSA) is 154 Å². The standard InChI is InChI=1S/C19H22N6O6S/c1-23(32(28,29)30)18-15(26)16(27)19(31-18)25-10-22-14-13(20-9-21-17(14)25)8-24-6-11-4-2-3-5-12(11)7-24/h2-5,9-10,15-16,18-19,26-27H,6-8H2,1H3,(H,28,29,30)/t15-,16+,18+,19+/m0/s1. The number of imidazole rings is 1. The summed E-state index contributed by atoms with van der Waals surface area (Å²) in [6.07, 6.45) is -2.92. The van der Waals surface area contributed by atoms with E-state index >= 15 is 0 Å². The predicted molar refractivity (Wildman–Crippen MR) is 110 cm³/mol. The molecule has 2 aromatic heterocycles. The molecule has 0 spiro atoms. The van der Waals surface area contributed by atoms with Gasteiger partial charge in [0.25, 0.3) is 0 Å². The van der Waals surface area contributed by atoms with Crippen molar-refractivity contribution in [3.8, 4) is 0 Å². The van der Waals surface area contributed by atoms with Crippen LogP contribution in [-0.2, 0) is 34.7 Å². The van der Waals surface area contributed by atoms with Crippen molar-refractivity contribution >= 4 is 21.5 Å². The number of aliphatic hydroxyl groups is 2. The molecule has 13 heteroatoms. The number of benzene rings is 1. The van der Waals surface area contributed by atoms with Crippen molar-refractivity contribution < 1.29 is 27.9 Å². The largest absolute Gasteiger partial charge is 0.386 e. The maximum Gasteiger partial charge on any atom is 0.337 e. The number of aromatic nitrogens is 4. The molecular weight excluding hydrogens is 440 g/mol. The third-order valence-corrected chi connectivity index (χ3v) is 6.86. The van der Waals surface area contributed by atoms with Gasteiger partial charge < -0.3 is 14.9 Å². The van der Waals surface area contributed by atoms with Gasteiger partial charge in [0.2, 0.25) is 0 Å². The maximum atomic E-state index is 11.4. The first-order valence-corrected chi connectivity index (χ1v) is 11.3. The summed E-state index contributed by atoms with van der Waals surface area (Å²) in [6.45, 7) is 2.13. The van der Waals surface area contributed by atoms with Gasteiger partial charge in [0.1, 0.15) is 24.1 Å². The van der Waals surface area contributed by atoms with Gasteiger partial charge in [-0.25, -0.2) is 15.0 Å². The van der Waals surface area contributed by atoms with Gasteiger partial charge in [-0.3, -0.25) is 14.0 Å². The minimum absolute atomic E-state index is 0.373. The lowest BCUT2D eigenvalue weighted by Gasteiger charge is -2.22. The molecule has 170 valence electrons. The Hall–Kier alpha value is -2.52. The van der Waals surface area contributed by atoms with Gasteiger partial charge in [-0.05, 0) is 11.1 Å². The second-order valence-corrected chi connectivity index (χ2v) is 9.42. The highest BCUT2D eigenvalue weighted by molar-refractivity contribution is 7.83. The van der Waals surface area contributed by atoms with E-state index in [1.54, 1.807) is 0 Å². The number of hydrogen-bond acceptors (Lipinski definition) is 9. The Labute approximate surface area is 183 Å². The maximum absolute atomic E-state index is 11.4. The first kappa shape index (κ1) is 21.3. The minimum atomic E-state index is -4.64. The first-order valence-electron chi connectivity index (χ1n) is 9.91. The molecule has 2 aliphatic rings. The molecule has 32 heavy (non-hydrogen) atoms. The molecule has 12 nitrogen and oxygen atoms in total. The Morgan fingerprint density at radius 1 is 1.12 bits per heavy atom. The molecule has 0 amide bonds. The van der Waals surface area contributed by atoms with Crippen LogP contribution in [0.5, 0.6) is 0 Å². The van der Waals surface area contributed by atoms with Gasteiger partial charge in [0.05, 0.1) is 12.0 Å². The second kappa shape index (κ2) is 7.81. The van der Waals surface area contributed by atoms with Crippen LogP contribution in [0.4, 0.5) is 0 Å². The molecule has 1 aromatic carbocycles. The summed E-state index contributed by atoms with van der Waals surface area (Å²) >= 11 is 0. The summed E-state index contributed by atoms with van der Waals surface area (Å²) in [5.41, 5.74) is 4.13. The Kier molecular flexibility index (Phi) is 5.21. The molecule has 4 heterocycles. The summed E-state index contributed by atoms with van der Waals surface area (Å²) < 4.78 is 39.6. The molecule has 4 atom stereocenters. The van der Waals surface area contributed by atoms with E-state index in [-0.39, 0.29) is 0 Å². The van der Waals surface area contributed by atoms with Crippen LogP contribution in [0.2, 0.25) is 0 Å². The molecule has 1 saturated heterocycles. The zero-order valence-electron chi connectivity index (χ0n) is 17.1. The smallest absolute Gasteiger partial charge is 0.337 e. The van der Waals surface area contributed by atoms with Gasteiger partial charge in [-0.2, -0.15) is 12.7 Å².